The minimum absolute atomic E-state index is 0.419. The van der Waals surface area contributed by atoms with Crippen molar-refractivity contribution < 1.29 is 0 Å². The molecule has 4 heteroatoms. The second kappa shape index (κ2) is 3.78. The van der Waals surface area contributed by atoms with Gasteiger partial charge in [-0.15, -0.1) is 0 Å². The number of nitrogens with one attached hydrogen (secondary N) is 1. The molecule has 3 nitrogen and oxygen atoms in total. The van der Waals surface area contributed by atoms with Crippen LogP contribution < -0.4 is 5.32 Å². The van der Waals surface area contributed by atoms with Crippen molar-refractivity contribution >= 4 is 11.9 Å². The average Bonchev–Trinajstić information content (AvgIpc) is 2.37. The fourth-order valence-corrected chi connectivity index (χ4v) is 1.47. The summed E-state index contributed by atoms with van der Waals surface area (Å²) in [6.45, 7) is 4.11. The van der Waals surface area contributed by atoms with Gasteiger partial charge in [-0.25, -0.2) is 4.98 Å². The van der Waals surface area contributed by atoms with E-state index < -0.39 is 0 Å². The third-order valence-electron chi connectivity index (χ3n) is 1.46. The topological polar surface area (TPSA) is 29.9 Å². The molecular formula is C7H13N3S. The molecule has 1 aromatic heterocycles. The smallest absolute Gasteiger partial charge is 0.115 e. The van der Waals surface area contributed by atoms with Crippen LogP contribution in [0.15, 0.2) is 12.4 Å². The first kappa shape index (κ1) is 8.62. The van der Waals surface area contributed by atoms with Crippen molar-refractivity contribution in [3.63, 3.8) is 0 Å². The zero-order chi connectivity index (χ0) is 8.27. The van der Waals surface area contributed by atoms with Crippen molar-refractivity contribution in [1.82, 2.24) is 14.3 Å². The Morgan fingerprint density at radius 1 is 1.73 bits per heavy atom. The highest BCUT2D eigenvalue weighted by Crippen LogP contribution is 2.12. The monoisotopic (exact) mass is 171 g/mol. The van der Waals surface area contributed by atoms with E-state index in [4.69, 9.17) is 0 Å². The molecule has 0 bridgehead atoms. The SMILES string of the molecule is CNC(C)Sn1ccnc1C. The Hall–Kier alpha value is -0.480. The van der Waals surface area contributed by atoms with E-state index in [0.717, 1.165) is 5.82 Å². The summed E-state index contributed by atoms with van der Waals surface area (Å²) in [6, 6.07) is 0. The predicted molar refractivity (Wildman–Crippen MR) is 48.5 cm³/mol. The number of nitrogens with zero attached hydrogens (tertiary/aromatic N) is 2. The molecule has 0 saturated heterocycles. The second-order valence-corrected chi connectivity index (χ2v) is 3.65. The summed E-state index contributed by atoms with van der Waals surface area (Å²) in [5.41, 5.74) is 0. The molecule has 1 atom stereocenters. The Morgan fingerprint density at radius 2 is 2.45 bits per heavy atom. The van der Waals surface area contributed by atoms with Gasteiger partial charge in [-0.1, -0.05) is 0 Å². The summed E-state index contributed by atoms with van der Waals surface area (Å²) in [4.78, 5) is 4.12. The van der Waals surface area contributed by atoms with Crippen LogP contribution in [0.4, 0.5) is 0 Å². The fourth-order valence-electron chi connectivity index (χ4n) is 0.701. The highest BCUT2D eigenvalue weighted by atomic mass is 32.2. The third-order valence-corrected chi connectivity index (χ3v) is 2.63. The number of hydrogen-bond donors (Lipinski definition) is 1. The number of aryl methyl sites for hydroxylation is 1. The van der Waals surface area contributed by atoms with Gasteiger partial charge in [0.1, 0.15) is 5.82 Å². The van der Waals surface area contributed by atoms with E-state index in [9.17, 15) is 0 Å². The van der Waals surface area contributed by atoms with Crippen LogP contribution in [0.5, 0.6) is 0 Å². The standard InChI is InChI=1S/C7H13N3S/c1-6-9-4-5-10(6)11-7(2)8-3/h4-5,7-8H,1-3H3. The zero-order valence-electron chi connectivity index (χ0n) is 7.03. The molecule has 1 heterocycles. The molecule has 1 rings (SSSR count). The molecule has 11 heavy (non-hydrogen) atoms. The van der Waals surface area contributed by atoms with Crippen molar-refractivity contribution in [2.75, 3.05) is 7.05 Å². The van der Waals surface area contributed by atoms with Crippen molar-refractivity contribution in [2.45, 2.75) is 19.2 Å². The number of hydrogen-bond acceptors (Lipinski definition) is 3. The van der Waals surface area contributed by atoms with Gasteiger partial charge in [0.25, 0.3) is 0 Å². The fraction of sp³-hybridized carbons (Fsp3) is 0.571. The van der Waals surface area contributed by atoms with Crippen LogP contribution in [0.2, 0.25) is 0 Å². The highest BCUT2D eigenvalue weighted by Gasteiger charge is 2.01. The van der Waals surface area contributed by atoms with Gasteiger partial charge in [0, 0.05) is 12.4 Å². The number of aromatic nitrogens is 2. The van der Waals surface area contributed by atoms with E-state index in [1.54, 1.807) is 11.9 Å². The van der Waals surface area contributed by atoms with Crippen molar-refractivity contribution in [3.8, 4) is 0 Å². The van der Waals surface area contributed by atoms with Gasteiger partial charge in [0.05, 0.1) is 5.37 Å². The van der Waals surface area contributed by atoms with Crippen LogP contribution in [0, 0.1) is 6.92 Å². The number of rotatable bonds is 3. The van der Waals surface area contributed by atoms with Gasteiger partial charge in [-0.3, -0.25) is 3.97 Å². The summed E-state index contributed by atoms with van der Waals surface area (Å²) in [5, 5.41) is 3.56. The molecule has 0 amide bonds. The molecule has 1 aromatic rings. The normalized spacial score (nSPS) is 13.4. The van der Waals surface area contributed by atoms with Crippen LogP contribution in [-0.4, -0.2) is 21.4 Å². The maximum atomic E-state index is 4.12. The molecule has 0 saturated carbocycles. The Kier molecular flexibility index (Phi) is 2.96. The van der Waals surface area contributed by atoms with E-state index >= 15 is 0 Å². The molecule has 0 aliphatic rings. The molecule has 1 unspecified atom stereocenters. The Balaban J connectivity index is 2.56. The van der Waals surface area contributed by atoms with Crippen LogP contribution in [-0.2, 0) is 0 Å². The molecule has 0 spiro atoms. The molecule has 0 aromatic carbocycles. The van der Waals surface area contributed by atoms with E-state index in [1.165, 1.54) is 0 Å². The van der Waals surface area contributed by atoms with Crippen molar-refractivity contribution in [2.24, 2.45) is 0 Å². The van der Waals surface area contributed by atoms with E-state index in [0.29, 0.717) is 5.37 Å². The van der Waals surface area contributed by atoms with Gasteiger partial charge < -0.3 is 5.32 Å². The molecule has 0 aliphatic heterocycles. The first-order valence-electron chi connectivity index (χ1n) is 3.58. The lowest BCUT2D eigenvalue weighted by molar-refractivity contribution is 0.800. The summed E-state index contributed by atoms with van der Waals surface area (Å²) in [5.74, 6) is 1.04. The highest BCUT2D eigenvalue weighted by molar-refractivity contribution is 7.98. The average molecular weight is 171 g/mol. The van der Waals surface area contributed by atoms with E-state index in [1.807, 2.05) is 26.4 Å². The van der Waals surface area contributed by atoms with E-state index in [2.05, 4.69) is 21.2 Å². The molecule has 0 radical (unpaired) electrons. The Labute approximate surface area is 71.3 Å². The lowest BCUT2D eigenvalue weighted by Crippen LogP contribution is -2.18. The summed E-state index contributed by atoms with van der Waals surface area (Å²) < 4.78 is 2.06. The van der Waals surface area contributed by atoms with Gasteiger partial charge in [-0.2, -0.15) is 0 Å². The van der Waals surface area contributed by atoms with Crippen LogP contribution in [0.3, 0.4) is 0 Å². The van der Waals surface area contributed by atoms with Crippen LogP contribution >= 0.6 is 11.9 Å². The first-order valence-corrected chi connectivity index (χ1v) is 4.42. The summed E-state index contributed by atoms with van der Waals surface area (Å²) in [6.07, 6.45) is 3.78. The minimum Gasteiger partial charge on any atom is -0.307 e. The van der Waals surface area contributed by atoms with Gasteiger partial charge >= 0.3 is 0 Å². The minimum atomic E-state index is 0.419. The van der Waals surface area contributed by atoms with Crippen LogP contribution in [0.1, 0.15) is 12.7 Å². The van der Waals surface area contributed by atoms with Gasteiger partial charge in [0.15, 0.2) is 0 Å². The first-order chi connectivity index (χ1) is 5.24. The molecule has 62 valence electrons. The third kappa shape index (κ3) is 2.24. The Morgan fingerprint density at radius 3 is 2.91 bits per heavy atom. The molecular weight excluding hydrogens is 158 g/mol. The largest absolute Gasteiger partial charge is 0.307 e. The predicted octanol–water partition coefficient (Wildman–Crippen LogP) is 1.25. The maximum absolute atomic E-state index is 4.12. The Bertz CT molecular complexity index is 221. The summed E-state index contributed by atoms with van der Waals surface area (Å²) >= 11 is 1.72. The molecule has 1 N–H and O–H groups in total. The maximum Gasteiger partial charge on any atom is 0.115 e. The van der Waals surface area contributed by atoms with Crippen molar-refractivity contribution in [3.05, 3.63) is 18.2 Å². The van der Waals surface area contributed by atoms with Crippen molar-refractivity contribution in [1.29, 1.82) is 0 Å². The zero-order valence-corrected chi connectivity index (χ0v) is 7.85. The summed E-state index contributed by atoms with van der Waals surface area (Å²) in [7, 11) is 1.95. The van der Waals surface area contributed by atoms with E-state index in [-0.39, 0.29) is 0 Å². The second-order valence-electron chi connectivity index (χ2n) is 2.34. The number of imidazole rings is 1. The van der Waals surface area contributed by atoms with Gasteiger partial charge in [0.2, 0.25) is 0 Å². The van der Waals surface area contributed by atoms with Gasteiger partial charge in [-0.05, 0) is 32.8 Å². The quantitative estimate of drug-likeness (QED) is 0.694. The lowest BCUT2D eigenvalue weighted by Gasteiger charge is -2.10. The molecule has 0 fully saturated rings. The molecule has 0 aliphatic carbocycles. The van der Waals surface area contributed by atoms with Crippen LogP contribution in [0.25, 0.3) is 0 Å². The lowest BCUT2D eigenvalue weighted by atomic mass is 10.7.